The van der Waals surface area contributed by atoms with E-state index in [0.29, 0.717) is 5.56 Å². The fourth-order valence-electron chi connectivity index (χ4n) is 3.02. The van der Waals surface area contributed by atoms with Crippen molar-refractivity contribution in [2.75, 3.05) is 13.7 Å². The van der Waals surface area contributed by atoms with Crippen LogP contribution in [-0.4, -0.2) is 42.4 Å². The van der Waals surface area contributed by atoms with Gasteiger partial charge in [0.15, 0.2) is 6.10 Å². The van der Waals surface area contributed by atoms with E-state index in [9.17, 15) is 14.8 Å². The molecule has 0 spiro atoms. The van der Waals surface area contributed by atoms with E-state index < -0.39 is 24.0 Å². The molecule has 130 valence electrons. The molecule has 0 aromatic heterocycles. The Bertz CT molecular complexity index is 854. The van der Waals surface area contributed by atoms with Crippen molar-refractivity contribution in [3.05, 3.63) is 53.2 Å². The largest absolute Gasteiger partial charge is 0.465 e. The first-order valence-electron chi connectivity index (χ1n) is 7.82. The van der Waals surface area contributed by atoms with Crippen molar-refractivity contribution in [1.29, 1.82) is 0 Å². The van der Waals surface area contributed by atoms with Gasteiger partial charge in [0.05, 0.1) is 18.6 Å². The number of carbonyl (C=O) groups is 2. The highest BCUT2D eigenvalue weighted by atomic mass is 16.9. The van der Waals surface area contributed by atoms with Crippen molar-refractivity contribution in [3.63, 3.8) is 0 Å². The monoisotopic (exact) mass is 343 g/mol. The third-order valence-corrected chi connectivity index (χ3v) is 4.08. The zero-order chi connectivity index (χ0) is 18.0. The molecule has 0 fully saturated rings. The Hall–Kier alpha value is -3.09. The highest BCUT2D eigenvalue weighted by molar-refractivity contribution is 6.37. The van der Waals surface area contributed by atoms with Gasteiger partial charge in [-0.3, -0.25) is 10.0 Å². The summed E-state index contributed by atoms with van der Waals surface area (Å²) in [5.41, 5.74) is 0.340. The summed E-state index contributed by atoms with van der Waals surface area (Å²) in [6, 6.07) is 12.9. The molecule has 2 atom stereocenters. The minimum absolute atomic E-state index is 0.0554. The maximum Gasteiger partial charge on any atom is 0.405 e. The third kappa shape index (κ3) is 2.88. The van der Waals surface area contributed by atoms with Crippen molar-refractivity contribution in [2.24, 2.45) is 0 Å². The SMILES string of the molecule is CCOC(=O)[C@H]1O[N+]([O-])=C(C(=O)OC)[C@@H]1c1cccc2ccccc12. The molecule has 25 heavy (non-hydrogen) atoms. The fraction of sp³-hybridized carbons (Fsp3) is 0.278. The lowest BCUT2D eigenvalue weighted by Crippen LogP contribution is -2.34. The second-order valence-corrected chi connectivity index (χ2v) is 5.46. The number of fused-ring (bicyclic) bond motifs is 1. The van der Waals surface area contributed by atoms with Crippen LogP contribution in [0.2, 0.25) is 0 Å². The fourth-order valence-corrected chi connectivity index (χ4v) is 3.02. The Kier molecular flexibility index (Phi) is 4.56. The highest BCUT2D eigenvalue weighted by Gasteiger charge is 2.50. The average Bonchev–Trinajstić information content (AvgIpc) is 2.98. The number of carbonyl (C=O) groups excluding carboxylic acids is 2. The quantitative estimate of drug-likeness (QED) is 0.623. The van der Waals surface area contributed by atoms with Gasteiger partial charge in [-0.25, -0.2) is 4.79 Å². The predicted molar refractivity (Wildman–Crippen MR) is 88.8 cm³/mol. The van der Waals surface area contributed by atoms with E-state index in [1.165, 1.54) is 7.11 Å². The van der Waals surface area contributed by atoms with Crippen LogP contribution in [0.3, 0.4) is 0 Å². The normalized spacial score (nSPS) is 19.6. The van der Waals surface area contributed by atoms with Crippen LogP contribution in [0.25, 0.3) is 10.8 Å². The number of esters is 2. The van der Waals surface area contributed by atoms with Crippen molar-refractivity contribution in [1.82, 2.24) is 0 Å². The first-order chi connectivity index (χ1) is 12.1. The Morgan fingerprint density at radius 2 is 1.92 bits per heavy atom. The molecule has 2 aromatic carbocycles. The Morgan fingerprint density at radius 3 is 2.64 bits per heavy atom. The molecular formula is C18H17NO6. The standard InChI is InChI=1S/C18H17NO6/c1-3-24-18(21)16-14(15(17(20)23-2)19(22)25-16)13-10-6-8-11-7-4-5-9-12(11)13/h4-10,14,16H,3H2,1-2H3/t14-,16-/m0/s1. The van der Waals surface area contributed by atoms with E-state index in [-0.39, 0.29) is 17.2 Å². The van der Waals surface area contributed by atoms with Gasteiger partial charge in [0, 0.05) is 0 Å². The van der Waals surface area contributed by atoms with Crippen LogP contribution in [0.15, 0.2) is 42.5 Å². The number of benzene rings is 2. The molecule has 1 aliphatic heterocycles. The lowest BCUT2D eigenvalue weighted by atomic mass is 9.86. The van der Waals surface area contributed by atoms with Gasteiger partial charge >= 0.3 is 17.7 Å². The van der Waals surface area contributed by atoms with Crippen molar-refractivity contribution >= 4 is 28.4 Å². The topological polar surface area (TPSA) is 87.9 Å². The van der Waals surface area contributed by atoms with E-state index >= 15 is 0 Å². The van der Waals surface area contributed by atoms with Crippen LogP contribution in [0, 0.1) is 5.21 Å². The summed E-state index contributed by atoms with van der Waals surface area (Å²) in [4.78, 5) is 29.6. The second kappa shape index (κ2) is 6.80. The van der Waals surface area contributed by atoms with Gasteiger partial charge in [0.1, 0.15) is 5.92 Å². The van der Waals surface area contributed by atoms with E-state index in [1.807, 2.05) is 30.3 Å². The highest BCUT2D eigenvalue weighted by Crippen LogP contribution is 2.34. The van der Waals surface area contributed by atoms with Crippen LogP contribution in [0.5, 0.6) is 0 Å². The molecule has 2 aromatic rings. The molecule has 0 N–H and O–H groups in total. The number of ether oxygens (including phenoxy) is 2. The second-order valence-electron chi connectivity index (χ2n) is 5.46. The third-order valence-electron chi connectivity index (χ3n) is 4.08. The number of methoxy groups -OCH3 is 1. The van der Waals surface area contributed by atoms with Crippen LogP contribution in [-0.2, 0) is 23.9 Å². The van der Waals surface area contributed by atoms with Gasteiger partial charge in [-0.15, -0.1) is 0 Å². The Labute approximate surface area is 143 Å². The van der Waals surface area contributed by atoms with Gasteiger partial charge in [-0.2, -0.15) is 0 Å². The number of hydrogen-bond acceptors (Lipinski definition) is 6. The van der Waals surface area contributed by atoms with Crippen molar-refractivity contribution in [3.8, 4) is 0 Å². The maximum absolute atomic E-state index is 12.3. The lowest BCUT2D eigenvalue weighted by molar-refractivity contribution is -0.736. The molecule has 0 amide bonds. The number of hydrogen-bond donors (Lipinski definition) is 0. The van der Waals surface area contributed by atoms with Crippen LogP contribution >= 0.6 is 0 Å². The molecule has 0 aliphatic carbocycles. The summed E-state index contributed by atoms with van der Waals surface area (Å²) < 4.78 is 9.71. The lowest BCUT2D eigenvalue weighted by Gasteiger charge is -2.18. The number of nitrogens with zero attached hydrogens (tertiary/aromatic N) is 1. The van der Waals surface area contributed by atoms with Crippen molar-refractivity contribution < 1.29 is 28.8 Å². The zero-order valence-corrected chi connectivity index (χ0v) is 13.8. The zero-order valence-electron chi connectivity index (χ0n) is 13.8. The molecule has 0 saturated heterocycles. The van der Waals surface area contributed by atoms with Gasteiger partial charge < -0.3 is 14.3 Å². The van der Waals surface area contributed by atoms with E-state index in [1.54, 1.807) is 19.1 Å². The van der Waals surface area contributed by atoms with E-state index in [4.69, 9.17) is 14.3 Å². The van der Waals surface area contributed by atoms with Gasteiger partial charge in [-0.1, -0.05) is 42.5 Å². The van der Waals surface area contributed by atoms with E-state index in [0.717, 1.165) is 10.8 Å². The van der Waals surface area contributed by atoms with Crippen LogP contribution in [0.1, 0.15) is 18.4 Å². The molecule has 0 bridgehead atoms. The molecule has 0 saturated carbocycles. The molecule has 7 heteroatoms. The van der Waals surface area contributed by atoms with E-state index in [2.05, 4.69) is 0 Å². The maximum atomic E-state index is 12.3. The first kappa shape index (κ1) is 16.8. The van der Waals surface area contributed by atoms with Gasteiger partial charge in [0.25, 0.3) is 0 Å². The Balaban J connectivity index is 2.17. The summed E-state index contributed by atoms with van der Waals surface area (Å²) >= 11 is 0. The van der Waals surface area contributed by atoms with Crippen LogP contribution in [0.4, 0.5) is 0 Å². The van der Waals surface area contributed by atoms with Crippen molar-refractivity contribution in [2.45, 2.75) is 18.9 Å². The molecule has 0 unspecified atom stereocenters. The number of rotatable bonds is 4. The summed E-state index contributed by atoms with van der Waals surface area (Å²) in [6.07, 6.45) is -1.25. The molecule has 3 rings (SSSR count). The predicted octanol–water partition coefficient (Wildman–Crippen LogP) is 1.92. The summed E-state index contributed by atoms with van der Waals surface area (Å²) in [5, 5.41) is 13.9. The summed E-state index contributed by atoms with van der Waals surface area (Å²) in [6.45, 7) is 1.78. The molecule has 1 heterocycles. The molecule has 1 aliphatic rings. The Morgan fingerprint density at radius 1 is 1.20 bits per heavy atom. The minimum Gasteiger partial charge on any atom is -0.465 e. The smallest absolute Gasteiger partial charge is 0.405 e. The first-order valence-corrected chi connectivity index (χ1v) is 7.82. The molecular weight excluding hydrogens is 326 g/mol. The summed E-state index contributed by atoms with van der Waals surface area (Å²) in [7, 11) is 1.17. The minimum atomic E-state index is -1.25. The summed E-state index contributed by atoms with van der Waals surface area (Å²) in [5.74, 6) is -2.48. The molecule has 7 nitrogen and oxygen atoms in total. The van der Waals surface area contributed by atoms with Gasteiger partial charge in [0.2, 0.25) is 0 Å². The van der Waals surface area contributed by atoms with Gasteiger partial charge in [-0.05, 0) is 23.3 Å². The molecule has 0 radical (unpaired) electrons. The average molecular weight is 343 g/mol. The van der Waals surface area contributed by atoms with Crippen LogP contribution < -0.4 is 0 Å².